The average Bonchev–Trinajstić information content (AvgIpc) is 2.49. The summed E-state index contributed by atoms with van der Waals surface area (Å²) >= 11 is 8.31. The predicted octanol–water partition coefficient (Wildman–Crippen LogP) is 3.39. The highest BCUT2D eigenvalue weighted by molar-refractivity contribution is 9.10. The molecule has 0 saturated heterocycles. The Balaban J connectivity index is 1.91. The third kappa shape index (κ3) is 4.61. The third-order valence-corrected chi connectivity index (χ3v) is 3.45. The van der Waals surface area contributed by atoms with Gasteiger partial charge in [-0.2, -0.15) is 0 Å². The molecule has 1 amide bonds. The van der Waals surface area contributed by atoms with E-state index in [1.165, 1.54) is 6.07 Å². The molecule has 0 aliphatic heterocycles. The van der Waals surface area contributed by atoms with E-state index in [2.05, 4.69) is 26.6 Å². The van der Waals surface area contributed by atoms with Crippen molar-refractivity contribution in [2.75, 3.05) is 0 Å². The maximum atomic E-state index is 13.6. The van der Waals surface area contributed by atoms with Gasteiger partial charge in [-0.1, -0.05) is 34.1 Å². The van der Waals surface area contributed by atoms with E-state index in [4.69, 9.17) is 12.2 Å². The van der Waals surface area contributed by atoms with Gasteiger partial charge >= 0.3 is 0 Å². The average molecular weight is 367 g/mol. The Kier molecular flexibility index (Phi) is 5.41. The molecule has 2 aromatic carbocycles. The first kappa shape index (κ1) is 15.6. The second kappa shape index (κ2) is 7.28. The van der Waals surface area contributed by atoms with Crippen LogP contribution in [0.3, 0.4) is 0 Å². The van der Waals surface area contributed by atoms with E-state index in [1.54, 1.807) is 36.4 Å². The molecule has 0 unspecified atom stereocenters. The molecule has 0 heterocycles. The molecule has 2 N–H and O–H groups in total. The number of rotatable bonds is 3. The van der Waals surface area contributed by atoms with Crippen molar-refractivity contribution in [2.24, 2.45) is 0 Å². The van der Waals surface area contributed by atoms with Crippen LogP contribution in [0, 0.1) is 5.82 Å². The summed E-state index contributed by atoms with van der Waals surface area (Å²) in [4.78, 5) is 11.9. The van der Waals surface area contributed by atoms with Crippen molar-refractivity contribution >= 4 is 39.2 Å². The number of thiocarbonyl (C=S) groups is 1. The number of carbonyl (C=O) groups excluding carboxylic acids is 1. The molecule has 0 spiro atoms. The van der Waals surface area contributed by atoms with E-state index in [1.807, 2.05) is 6.07 Å². The lowest BCUT2D eigenvalue weighted by atomic mass is 10.2. The van der Waals surface area contributed by atoms with Gasteiger partial charge in [-0.25, -0.2) is 4.39 Å². The molecule has 3 nitrogen and oxygen atoms in total. The van der Waals surface area contributed by atoms with Crippen molar-refractivity contribution in [3.05, 3.63) is 69.9 Å². The van der Waals surface area contributed by atoms with Gasteiger partial charge in [0.25, 0.3) is 5.91 Å². The first-order valence-electron chi connectivity index (χ1n) is 6.14. The Morgan fingerprint density at radius 1 is 1.19 bits per heavy atom. The molecule has 0 aliphatic carbocycles. The summed E-state index contributed by atoms with van der Waals surface area (Å²) in [5.74, 6) is -0.634. The van der Waals surface area contributed by atoms with Crippen molar-refractivity contribution < 1.29 is 9.18 Å². The topological polar surface area (TPSA) is 41.1 Å². The Bertz CT molecular complexity index is 664. The number of hydrogen-bond acceptors (Lipinski definition) is 2. The van der Waals surface area contributed by atoms with Crippen LogP contribution in [0.5, 0.6) is 0 Å². The minimum absolute atomic E-state index is 0.156. The number of hydrogen-bond donors (Lipinski definition) is 2. The first-order chi connectivity index (χ1) is 10.1. The zero-order valence-electron chi connectivity index (χ0n) is 10.9. The van der Waals surface area contributed by atoms with E-state index >= 15 is 0 Å². The van der Waals surface area contributed by atoms with Gasteiger partial charge in [-0.15, -0.1) is 0 Å². The van der Waals surface area contributed by atoms with Gasteiger partial charge in [-0.3, -0.25) is 10.1 Å². The largest absolute Gasteiger partial charge is 0.358 e. The minimum Gasteiger partial charge on any atom is -0.358 e. The van der Waals surface area contributed by atoms with Crippen LogP contribution in [0.15, 0.2) is 53.0 Å². The molecule has 0 saturated carbocycles. The summed E-state index contributed by atoms with van der Waals surface area (Å²) in [6.45, 7) is 0.194. The van der Waals surface area contributed by atoms with Crippen LogP contribution < -0.4 is 10.6 Å². The van der Waals surface area contributed by atoms with Gasteiger partial charge in [0, 0.05) is 22.1 Å². The second-order valence-electron chi connectivity index (χ2n) is 4.24. The number of benzene rings is 2. The number of halogens is 2. The first-order valence-corrected chi connectivity index (χ1v) is 7.34. The van der Waals surface area contributed by atoms with Gasteiger partial charge in [0.2, 0.25) is 0 Å². The van der Waals surface area contributed by atoms with Crippen molar-refractivity contribution in [2.45, 2.75) is 6.54 Å². The Morgan fingerprint density at radius 2 is 1.90 bits per heavy atom. The van der Waals surface area contributed by atoms with Crippen molar-refractivity contribution in [3.63, 3.8) is 0 Å². The highest BCUT2D eigenvalue weighted by Crippen LogP contribution is 2.15. The summed E-state index contributed by atoms with van der Waals surface area (Å²) in [7, 11) is 0. The zero-order chi connectivity index (χ0) is 15.2. The molecule has 21 heavy (non-hydrogen) atoms. The normalized spacial score (nSPS) is 10.0. The Labute approximate surface area is 135 Å². The highest BCUT2D eigenvalue weighted by atomic mass is 79.9. The smallest absolute Gasteiger partial charge is 0.257 e. The van der Waals surface area contributed by atoms with E-state index < -0.39 is 0 Å². The van der Waals surface area contributed by atoms with Gasteiger partial charge in [0.05, 0.1) is 0 Å². The SMILES string of the molecule is O=C(NC(=S)NCc1cc(Br)ccc1F)c1ccccc1. The minimum atomic E-state index is -0.331. The lowest BCUT2D eigenvalue weighted by Crippen LogP contribution is -2.38. The summed E-state index contributed by atoms with van der Waals surface area (Å²) in [5, 5.41) is 5.51. The van der Waals surface area contributed by atoms with E-state index in [0.29, 0.717) is 11.1 Å². The lowest BCUT2D eigenvalue weighted by Gasteiger charge is -2.10. The van der Waals surface area contributed by atoms with E-state index in [9.17, 15) is 9.18 Å². The molecule has 0 aromatic heterocycles. The van der Waals surface area contributed by atoms with Crippen LogP contribution in [0.25, 0.3) is 0 Å². The van der Waals surface area contributed by atoms with Gasteiger partial charge in [-0.05, 0) is 42.5 Å². The van der Waals surface area contributed by atoms with Crippen molar-refractivity contribution in [1.29, 1.82) is 0 Å². The Morgan fingerprint density at radius 3 is 2.62 bits per heavy atom. The third-order valence-electron chi connectivity index (χ3n) is 2.71. The molecule has 2 aromatic rings. The van der Waals surface area contributed by atoms with Gasteiger partial charge < -0.3 is 5.32 Å². The van der Waals surface area contributed by atoms with Crippen LogP contribution in [0.1, 0.15) is 15.9 Å². The zero-order valence-corrected chi connectivity index (χ0v) is 13.3. The van der Waals surface area contributed by atoms with Gasteiger partial charge in [0.15, 0.2) is 5.11 Å². The van der Waals surface area contributed by atoms with Crippen LogP contribution in [-0.2, 0) is 6.54 Å². The summed E-state index contributed by atoms with van der Waals surface area (Å²) < 4.78 is 14.3. The molecule has 6 heteroatoms. The van der Waals surface area contributed by atoms with Crippen molar-refractivity contribution in [1.82, 2.24) is 10.6 Å². The summed E-state index contributed by atoms with van der Waals surface area (Å²) in [6, 6.07) is 13.4. The maximum Gasteiger partial charge on any atom is 0.257 e. The van der Waals surface area contributed by atoms with Crippen molar-refractivity contribution in [3.8, 4) is 0 Å². The fourth-order valence-corrected chi connectivity index (χ4v) is 2.24. The number of nitrogens with one attached hydrogen (secondary N) is 2. The molecule has 0 atom stereocenters. The number of carbonyl (C=O) groups is 1. The molecular weight excluding hydrogens is 355 g/mol. The quantitative estimate of drug-likeness (QED) is 0.818. The molecular formula is C15H12BrFN2OS. The maximum absolute atomic E-state index is 13.6. The predicted molar refractivity (Wildman–Crippen MR) is 87.4 cm³/mol. The van der Waals surface area contributed by atoms with Crippen LogP contribution in [-0.4, -0.2) is 11.0 Å². The molecule has 0 radical (unpaired) electrons. The summed E-state index contributed by atoms with van der Waals surface area (Å²) in [5.41, 5.74) is 0.968. The fourth-order valence-electron chi connectivity index (χ4n) is 1.66. The van der Waals surface area contributed by atoms with Crippen LogP contribution in [0.4, 0.5) is 4.39 Å². The summed E-state index contributed by atoms with van der Waals surface area (Å²) in [6.07, 6.45) is 0. The fraction of sp³-hybridized carbons (Fsp3) is 0.0667. The Hall–Kier alpha value is -1.79. The standard InChI is InChI=1S/C15H12BrFN2OS/c16-12-6-7-13(17)11(8-12)9-18-15(21)19-14(20)10-4-2-1-3-5-10/h1-8H,9H2,(H2,18,19,20,21). The number of amides is 1. The molecule has 0 aliphatic rings. The molecule has 108 valence electrons. The van der Waals surface area contributed by atoms with Gasteiger partial charge in [0.1, 0.15) is 5.82 Å². The second-order valence-corrected chi connectivity index (χ2v) is 5.56. The monoisotopic (exact) mass is 366 g/mol. The lowest BCUT2D eigenvalue weighted by molar-refractivity contribution is 0.0976. The van der Waals surface area contributed by atoms with E-state index in [0.717, 1.165) is 4.47 Å². The molecule has 0 fully saturated rings. The molecule has 2 rings (SSSR count). The van der Waals surface area contributed by atoms with Crippen LogP contribution >= 0.6 is 28.1 Å². The van der Waals surface area contributed by atoms with Crippen LogP contribution in [0.2, 0.25) is 0 Å². The van der Waals surface area contributed by atoms with E-state index in [-0.39, 0.29) is 23.4 Å². The highest BCUT2D eigenvalue weighted by Gasteiger charge is 2.08. The molecule has 0 bridgehead atoms.